The van der Waals surface area contributed by atoms with E-state index in [0.717, 1.165) is 20.4 Å². The van der Waals surface area contributed by atoms with Crippen molar-refractivity contribution in [3.63, 3.8) is 0 Å². The van der Waals surface area contributed by atoms with Crippen LogP contribution in [0.25, 0.3) is 6.08 Å². The Hall–Kier alpha value is -0.760. The van der Waals surface area contributed by atoms with E-state index in [1.807, 2.05) is 22.6 Å². The number of nitrogens with zero attached hydrogens (tertiary/aromatic N) is 1. The van der Waals surface area contributed by atoms with Crippen LogP contribution in [0.5, 0.6) is 0 Å². The van der Waals surface area contributed by atoms with Crippen molar-refractivity contribution in [2.24, 2.45) is 0 Å². The molecule has 78 valence electrons. The first-order valence-corrected chi connectivity index (χ1v) is 5.94. The van der Waals surface area contributed by atoms with E-state index in [4.69, 9.17) is 4.42 Å². The maximum atomic E-state index is 11.5. The van der Waals surface area contributed by atoms with Crippen LogP contribution in [0.4, 0.5) is 4.79 Å². The Kier molecular flexibility index (Phi) is 2.87. The van der Waals surface area contributed by atoms with Crippen molar-refractivity contribution in [3.8, 4) is 0 Å². The predicted molar refractivity (Wildman–Crippen MR) is 65.2 cm³/mol. The van der Waals surface area contributed by atoms with E-state index in [0.29, 0.717) is 10.7 Å². The third kappa shape index (κ3) is 2.10. The molecule has 1 aromatic rings. The molecule has 0 unspecified atom stereocenters. The fourth-order valence-electron chi connectivity index (χ4n) is 1.08. The Balaban J connectivity index is 2.29. The summed E-state index contributed by atoms with van der Waals surface area (Å²) in [6.07, 6.45) is 1.58. The molecule has 2 rings (SSSR count). The lowest BCUT2D eigenvalue weighted by Crippen LogP contribution is -2.22. The van der Waals surface area contributed by atoms with Crippen molar-refractivity contribution >= 4 is 51.6 Å². The van der Waals surface area contributed by atoms with E-state index >= 15 is 0 Å². The number of carbonyl (C=O) groups excluding carboxylic acids is 2. The Bertz CT molecular complexity index is 466. The van der Waals surface area contributed by atoms with Gasteiger partial charge in [-0.05, 0) is 46.5 Å². The number of amides is 2. The topological polar surface area (TPSA) is 50.5 Å². The molecule has 0 atom stereocenters. The Morgan fingerprint density at radius 2 is 2.20 bits per heavy atom. The molecule has 2 heterocycles. The lowest BCUT2D eigenvalue weighted by molar-refractivity contribution is -0.121. The van der Waals surface area contributed by atoms with Gasteiger partial charge in [-0.2, -0.15) is 0 Å². The van der Waals surface area contributed by atoms with Crippen LogP contribution in [0, 0.1) is 3.77 Å². The number of thioether (sulfide) groups is 1. The highest BCUT2D eigenvalue weighted by Crippen LogP contribution is 2.31. The molecule has 0 aliphatic carbocycles. The summed E-state index contributed by atoms with van der Waals surface area (Å²) in [6.45, 7) is 0. The first kappa shape index (κ1) is 10.7. The van der Waals surface area contributed by atoms with Crippen LogP contribution in [-0.2, 0) is 4.79 Å². The van der Waals surface area contributed by atoms with E-state index in [1.165, 1.54) is 7.05 Å². The average Bonchev–Trinajstić information content (AvgIpc) is 2.68. The van der Waals surface area contributed by atoms with Gasteiger partial charge in [-0.25, -0.2) is 0 Å². The minimum Gasteiger partial charge on any atom is -0.451 e. The van der Waals surface area contributed by atoms with E-state index in [2.05, 4.69) is 0 Å². The minimum absolute atomic E-state index is 0.257. The first-order chi connectivity index (χ1) is 7.08. The molecule has 0 bridgehead atoms. The average molecular weight is 335 g/mol. The lowest BCUT2D eigenvalue weighted by Gasteiger charge is -2.00. The minimum atomic E-state index is -0.281. The molecule has 0 aromatic carbocycles. The molecule has 1 aromatic heterocycles. The number of rotatable bonds is 1. The van der Waals surface area contributed by atoms with Crippen LogP contribution < -0.4 is 0 Å². The van der Waals surface area contributed by atoms with Crippen molar-refractivity contribution in [1.82, 2.24) is 4.90 Å². The molecule has 1 fully saturated rings. The highest BCUT2D eigenvalue weighted by atomic mass is 127. The maximum Gasteiger partial charge on any atom is 0.293 e. The molecule has 0 saturated carbocycles. The number of likely N-dealkylation sites (N-methyl/N-ethyl adjacent to an activating group) is 1. The molecule has 2 amide bonds. The van der Waals surface area contributed by atoms with Gasteiger partial charge in [0.1, 0.15) is 5.76 Å². The highest BCUT2D eigenvalue weighted by Gasteiger charge is 2.31. The van der Waals surface area contributed by atoms with Gasteiger partial charge in [0.05, 0.1) is 4.91 Å². The van der Waals surface area contributed by atoms with Gasteiger partial charge in [0, 0.05) is 13.1 Å². The fourth-order valence-corrected chi connectivity index (χ4v) is 2.32. The summed E-state index contributed by atoms with van der Waals surface area (Å²) >= 11 is 2.96. The summed E-state index contributed by atoms with van der Waals surface area (Å²) in [4.78, 5) is 24.2. The second-order valence-corrected chi connectivity index (χ2v) is 4.94. The summed E-state index contributed by atoms with van der Waals surface area (Å²) < 4.78 is 6.02. The second-order valence-electron chi connectivity index (χ2n) is 2.88. The van der Waals surface area contributed by atoms with Crippen LogP contribution in [0.3, 0.4) is 0 Å². The van der Waals surface area contributed by atoms with Crippen LogP contribution in [0.2, 0.25) is 0 Å². The standard InChI is InChI=1S/C9H6INO3S/c1-11-8(12)6(15-9(11)13)4-5-2-3-7(10)14-5/h2-4H,1H3/b6-4+. The van der Waals surface area contributed by atoms with Gasteiger partial charge in [-0.15, -0.1) is 0 Å². The van der Waals surface area contributed by atoms with Crippen molar-refractivity contribution in [2.75, 3.05) is 7.05 Å². The van der Waals surface area contributed by atoms with E-state index in [9.17, 15) is 9.59 Å². The summed E-state index contributed by atoms with van der Waals surface area (Å²) in [5, 5.41) is -0.257. The van der Waals surface area contributed by atoms with E-state index in [1.54, 1.807) is 18.2 Å². The van der Waals surface area contributed by atoms with Crippen LogP contribution in [0.15, 0.2) is 21.5 Å². The number of halogens is 1. The Morgan fingerprint density at radius 3 is 2.67 bits per heavy atom. The quantitative estimate of drug-likeness (QED) is 0.585. The summed E-state index contributed by atoms with van der Waals surface area (Å²) in [5.74, 6) is 0.301. The first-order valence-electron chi connectivity index (χ1n) is 4.05. The van der Waals surface area contributed by atoms with Gasteiger partial charge < -0.3 is 4.42 Å². The number of furan rings is 1. The van der Waals surface area contributed by atoms with Gasteiger partial charge in [0.15, 0.2) is 3.77 Å². The summed E-state index contributed by atoms with van der Waals surface area (Å²) in [6, 6.07) is 3.55. The maximum absolute atomic E-state index is 11.5. The van der Waals surface area contributed by atoms with Gasteiger partial charge in [-0.1, -0.05) is 0 Å². The molecule has 6 heteroatoms. The Morgan fingerprint density at radius 1 is 1.47 bits per heavy atom. The monoisotopic (exact) mass is 335 g/mol. The molecule has 1 aliphatic heterocycles. The van der Waals surface area contributed by atoms with Gasteiger partial charge in [-0.3, -0.25) is 14.5 Å². The largest absolute Gasteiger partial charge is 0.451 e. The van der Waals surface area contributed by atoms with E-state index < -0.39 is 0 Å². The summed E-state index contributed by atoms with van der Waals surface area (Å²) in [7, 11) is 1.46. The Labute approximate surface area is 104 Å². The number of imide groups is 1. The zero-order chi connectivity index (χ0) is 11.0. The van der Waals surface area contributed by atoms with Crippen molar-refractivity contribution < 1.29 is 14.0 Å². The van der Waals surface area contributed by atoms with Gasteiger partial charge in [0.25, 0.3) is 11.1 Å². The molecular formula is C9H6INO3S. The number of hydrogen-bond donors (Lipinski definition) is 0. The van der Waals surface area contributed by atoms with Gasteiger partial charge >= 0.3 is 0 Å². The van der Waals surface area contributed by atoms with Gasteiger partial charge in [0.2, 0.25) is 0 Å². The third-order valence-corrected chi connectivity index (χ3v) is 3.39. The van der Waals surface area contributed by atoms with E-state index in [-0.39, 0.29) is 11.1 Å². The molecule has 1 saturated heterocycles. The zero-order valence-electron chi connectivity index (χ0n) is 7.69. The molecular weight excluding hydrogens is 329 g/mol. The normalized spacial score (nSPS) is 19.3. The zero-order valence-corrected chi connectivity index (χ0v) is 10.7. The van der Waals surface area contributed by atoms with Crippen molar-refractivity contribution in [2.45, 2.75) is 0 Å². The lowest BCUT2D eigenvalue weighted by atomic mass is 10.4. The van der Waals surface area contributed by atoms with Crippen LogP contribution in [-0.4, -0.2) is 23.1 Å². The molecule has 0 N–H and O–H groups in total. The molecule has 0 radical (unpaired) electrons. The fraction of sp³-hybridized carbons (Fsp3) is 0.111. The number of carbonyl (C=O) groups is 2. The predicted octanol–water partition coefficient (Wildman–Crippen LogP) is 2.55. The summed E-state index contributed by atoms with van der Waals surface area (Å²) in [5.41, 5.74) is 0. The van der Waals surface area contributed by atoms with Crippen LogP contribution in [0.1, 0.15) is 5.76 Å². The molecule has 15 heavy (non-hydrogen) atoms. The second kappa shape index (κ2) is 4.01. The van der Waals surface area contributed by atoms with Crippen molar-refractivity contribution in [1.29, 1.82) is 0 Å². The van der Waals surface area contributed by atoms with Crippen LogP contribution >= 0.6 is 34.4 Å². The molecule has 4 nitrogen and oxygen atoms in total. The van der Waals surface area contributed by atoms with Crippen molar-refractivity contribution in [3.05, 3.63) is 26.6 Å². The number of hydrogen-bond acceptors (Lipinski definition) is 4. The molecule has 0 spiro atoms. The SMILES string of the molecule is CN1C(=O)S/C(=C/c2ccc(I)o2)C1=O. The smallest absolute Gasteiger partial charge is 0.293 e. The molecule has 1 aliphatic rings. The highest BCUT2D eigenvalue weighted by molar-refractivity contribution is 14.1. The third-order valence-electron chi connectivity index (χ3n) is 1.85.